The van der Waals surface area contributed by atoms with Crippen molar-refractivity contribution in [1.29, 1.82) is 0 Å². The van der Waals surface area contributed by atoms with Crippen LogP contribution in [-0.2, 0) is 15.9 Å². The average molecular weight is 499 g/mol. The van der Waals surface area contributed by atoms with E-state index in [9.17, 15) is 0 Å². The molecule has 37 heavy (non-hydrogen) atoms. The third-order valence-corrected chi connectivity index (χ3v) is 7.17. The zero-order valence-electron chi connectivity index (χ0n) is 23.0. The van der Waals surface area contributed by atoms with Gasteiger partial charge in [-0.3, -0.25) is 0 Å². The van der Waals surface area contributed by atoms with Gasteiger partial charge >= 0.3 is 0 Å². The first-order valence-electron chi connectivity index (χ1n) is 14.2. The number of allylic oxidation sites excluding steroid dienone is 2. The lowest BCUT2D eigenvalue weighted by Crippen LogP contribution is -2.19. The highest BCUT2D eigenvalue weighted by Crippen LogP contribution is 2.34. The zero-order valence-corrected chi connectivity index (χ0v) is 23.0. The molecule has 0 N–H and O–H groups in total. The molecule has 0 aliphatic carbocycles. The van der Waals surface area contributed by atoms with Gasteiger partial charge in [0.2, 0.25) is 0 Å². The Morgan fingerprint density at radius 3 is 2.14 bits per heavy atom. The summed E-state index contributed by atoms with van der Waals surface area (Å²) in [4.78, 5) is 0. The Bertz CT molecular complexity index is 1120. The van der Waals surface area contributed by atoms with Gasteiger partial charge in [0.1, 0.15) is 0 Å². The highest BCUT2D eigenvalue weighted by molar-refractivity contribution is 6.13. The minimum absolute atomic E-state index is 0.0884. The molecule has 0 saturated heterocycles. The van der Waals surface area contributed by atoms with Crippen LogP contribution in [0.25, 0.3) is 27.6 Å². The first-order chi connectivity index (χ1) is 18.2. The van der Waals surface area contributed by atoms with E-state index in [1.165, 1.54) is 51.1 Å². The molecule has 0 aliphatic heterocycles. The molecule has 0 spiro atoms. The van der Waals surface area contributed by atoms with Gasteiger partial charge in [-0.1, -0.05) is 73.7 Å². The Morgan fingerprint density at radius 1 is 0.730 bits per heavy atom. The van der Waals surface area contributed by atoms with Crippen LogP contribution in [0.4, 0.5) is 0 Å². The van der Waals surface area contributed by atoms with Crippen molar-refractivity contribution in [3.8, 4) is 0 Å². The Labute approximate surface area is 225 Å². The number of ether oxygens (including phenoxy) is 2. The van der Waals surface area contributed by atoms with Gasteiger partial charge < -0.3 is 9.47 Å². The van der Waals surface area contributed by atoms with Crippen molar-refractivity contribution in [1.82, 2.24) is 0 Å². The topological polar surface area (TPSA) is 18.5 Å². The van der Waals surface area contributed by atoms with Gasteiger partial charge in [0.15, 0.2) is 6.29 Å². The van der Waals surface area contributed by atoms with Crippen LogP contribution in [-0.4, -0.2) is 19.5 Å². The molecule has 198 valence electrons. The molecule has 0 fully saturated rings. The van der Waals surface area contributed by atoms with E-state index < -0.39 is 0 Å². The number of rotatable bonds is 19. The van der Waals surface area contributed by atoms with Crippen LogP contribution in [0.15, 0.2) is 74.4 Å². The maximum Gasteiger partial charge on any atom is 0.157 e. The number of benzene rings is 3. The van der Waals surface area contributed by atoms with Gasteiger partial charge in [0, 0.05) is 13.2 Å². The summed E-state index contributed by atoms with van der Waals surface area (Å²) < 4.78 is 12.2. The molecular weight excluding hydrogens is 452 g/mol. The fraction of sp³-hybridized carbons (Fsp3) is 0.429. The van der Waals surface area contributed by atoms with Crippen LogP contribution in [0.5, 0.6) is 0 Å². The molecule has 0 heterocycles. The predicted molar refractivity (Wildman–Crippen MR) is 162 cm³/mol. The minimum Gasteiger partial charge on any atom is -0.353 e. The van der Waals surface area contributed by atoms with E-state index >= 15 is 0 Å². The third kappa shape index (κ3) is 8.69. The van der Waals surface area contributed by atoms with E-state index in [1.54, 1.807) is 0 Å². The summed E-state index contributed by atoms with van der Waals surface area (Å²) >= 11 is 0. The van der Waals surface area contributed by atoms with Crippen LogP contribution in [0, 0.1) is 6.92 Å². The summed E-state index contributed by atoms with van der Waals surface area (Å²) in [5, 5.41) is 5.36. The maximum absolute atomic E-state index is 6.11. The standard InChI is InChI=1S/C35H46O2/c1-5-8-10-15-26-36-33(37-27-16-11-9-6-2)21-14-12-13-19-30-23-22-29(7-3)35-32(30)25-24-31-20-17-18-28(4)34(31)35/h5-7,17-18,20,22-25,33H,1-3,8-16,19,21,26-27H2,4H3. The maximum atomic E-state index is 6.11. The lowest BCUT2D eigenvalue weighted by atomic mass is 9.90. The smallest absolute Gasteiger partial charge is 0.157 e. The fourth-order valence-electron chi connectivity index (χ4n) is 5.11. The fourth-order valence-corrected chi connectivity index (χ4v) is 5.11. The Balaban J connectivity index is 1.56. The molecule has 0 radical (unpaired) electrons. The van der Waals surface area contributed by atoms with Crippen molar-refractivity contribution in [3.05, 3.63) is 91.0 Å². The van der Waals surface area contributed by atoms with E-state index in [0.29, 0.717) is 0 Å². The molecule has 0 aromatic heterocycles. The van der Waals surface area contributed by atoms with E-state index in [4.69, 9.17) is 9.47 Å². The van der Waals surface area contributed by atoms with Gasteiger partial charge in [-0.05, 0) is 109 Å². The number of fused-ring (bicyclic) bond motifs is 3. The largest absolute Gasteiger partial charge is 0.353 e. The summed E-state index contributed by atoms with van der Waals surface area (Å²) in [5.41, 5.74) is 3.97. The molecule has 0 amide bonds. The molecule has 0 atom stereocenters. The number of hydrogen-bond acceptors (Lipinski definition) is 2. The summed E-state index contributed by atoms with van der Waals surface area (Å²) in [6, 6.07) is 15.7. The van der Waals surface area contributed by atoms with Gasteiger partial charge in [0.05, 0.1) is 0 Å². The average Bonchev–Trinajstić information content (AvgIpc) is 2.92. The normalized spacial score (nSPS) is 11.4. The molecule has 3 aromatic carbocycles. The van der Waals surface area contributed by atoms with Crippen LogP contribution < -0.4 is 0 Å². The lowest BCUT2D eigenvalue weighted by molar-refractivity contribution is -0.147. The molecule has 2 heteroatoms. The quantitative estimate of drug-likeness (QED) is 0.0708. The van der Waals surface area contributed by atoms with Crippen molar-refractivity contribution in [2.45, 2.75) is 83.8 Å². The molecule has 0 saturated carbocycles. The SMILES string of the molecule is C=CCCCCOC(CCCCCc1ccc(C=C)c2c1ccc1cccc(C)c12)OCCCCC=C. The van der Waals surface area contributed by atoms with Crippen LogP contribution in [0.1, 0.15) is 80.9 Å². The van der Waals surface area contributed by atoms with Crippen LogP contribution in [0.3, 0.4) is 0 Å². The van der Waals surface area contributed by atoms with E-state index in [1.807, 2.05) is 18.2 Å². The highest BCUT2D eigenvalue weighted by atomic mass is 16.7. The molecule has 3 rings (SSSR count). The minimum atomic E-state index is -0.0884. The summed E-state index contributed by atoms with van der Waals surface area (Å²) in [5.74, 6) is 0. The van der Waals surface area contributed by atoms with Crippen molar-refractivity contribution in [3.63, 3.8) is 0 Å². The summed E-state index contributed by atoms with van der Waals surface area (Å²) in [7, 11) is 0. The van der Waals surface area contributed by atoms with Crippen molar-refractivity contribution < 1.29 is 9.47 Å². The molecule has 0 bridgehead atoms. The Morgan fingerprint density at radius 2 is 1.46 bits per heavy atom. The second kappa shape index (κ2) is 16.2. The van der Waals surface area contributed by atoms with E-state index in [2.05, 4.69) is 69.1 Å². The highest BCUT2D eigenvalue weighted by Gasteiger charge is 2.12. The monoisotopic (exact) mass is 498 g/mol. The lowest BCUT2D eigenvalue weighted by Gasteiger charge is -2.19. The molecule has 2 nitrogen and oxygen atoms in total. The van der Waals surface area contributed by atoms with Crippen molar-refractivity contribution >= 4 is 27.6 Å². The first-order valence-corrected chi connectivity index (χ1v) is 14.2. The second-order valence-electron chi connectivity index (χ2n) is 10.0. The summed E-state index contributed by atoms with van der Waals surface area (Å²) in [6.45, 7) is 15.4. The van der Waals surface area contributed by atoms with Crippen LogP contribution in [0.2, 0.25) is 0 Å². The van der Waals surface area contributed by atoms with Gasteiger partial charge in [-0.15, -0.1) is 13.2 Å². The first kappa shape index (κ1) is 28.9. The molecule has 3 aromatic rings. The Hall–Kier alpha value is -2.68. The molecular formula is C35H46O2. The van der Waals surface area contributed by atoms with Gasteiger partial charge in [0.25, 0.3) is 0 Å². The zero-order chi connectivity index (χ0) is 26.3. The van der Waals surface area contributed by atoms with Crippen LogP contribution >= 0.6 is 0 Å². The number of unbranched alkanes of at least 4 members (excludes halogenated alkanes) is 6. The van der Waals surface area contributed by atoms with E-state index in [-0.39, 0.29) is 6.29 Å². The Kier molecular flexibility index (Phi) is 12.7. The van der Waals surface area contributed by atoms with Gasteiger partial charge in [-0.25, -0.2) is 0 Å². The van der Waals surface area contributed by atoms with Crippen molar-refractivity contribution in [2.75, 3.05) is 13.2 Å². The number of aryl methyl sites for hydroxylation is 2. The van der Waals surface area contributed by atoms with Crippen molar-refractivity contribution in [2.24, 2.45) is 0 Å². The van der Waals surface area contributed by atoms with Gasteiger partial charge in [-0.2, -0.15) is 0 Å². The predicted octanol–water partition coefficient (Wildman–Crippen LogP) is 10.1. The summed E-state index contributed by atoms with van der Waals surface area (Å²) in [6.07, 6.45) is 17.8. The van der Waals surface area contributed by atoms with E-state index in [0.717, 1.165) is 71.0 Å². The molecule has 0 aliphatic rings. The molecule has 0 unspecified atom stereocenters. The third-order valence-electron chi connectivity index (χ3n) is 7.17. The number of hydrogen-bond donors (Lipinski definition) is 0. The second-order valence-corrected chi connectivity index (χ2v) is 10.0.